The topological polar surface area (TPSA) is 0 Å². The van der Waals surface area contributed by atoms with Crippen LogP contribution in [0.2, 0.25) is 0 Å². The predicted molar refractivity (Wildman–Crippen MR) is 40.0 cm³/mol. The summed E-state index contributed by atoms with van der Waals surface area (Å²) in [6.07, 6.45) is 12.5. The van der Waals surface area contributed by atoms with E-state index in [1.54, 1.807) is 0 Å². The molecular formula is C9H13Hf-. The second kappa shape index (κ2) is 6.09. The van der Waals surface area contributed by atoms with Gasteiger partial charge in [0.05, 0.1) is 0 Å². The molecule has 0 N–H and O–H groups in total. The van der Waals surface area contributed by atoms with Crippen LogP contribution < -0.4 is 0 Å². The number of hydrogen-bond donors (Lipinski definition) is 0. The predicted octanol–water partition coefficient (Wildman–Crippen LogP) is 2.86. The van der Waals surface area contributed by atoms with Gasteiger partial charge in [-0.05, 0) is 0 Å². The van der Waals surface area contributed by atoms with Crippen molar-refractivity contribution < 1.29 is 25.8 Å². The first kappa shape index (κ1) is 10.4. The van der Waals surface area contributed by atoms with Gasteiger partial charge in [0.2, 0.25) is 0 Å². The van der Waals surface area contributed by atoms with E-state index in [0.717, 1.165) is 6.42 Å². The zero-order valence-electron chi connectivity index (χ0n) is 6.48. The maximum absolute atomic E-state index is 3.16. The molecule has 0 aliphatic heterocycles. The third-order valence-corrected chi connectivity index (χ3v) is 1.59. The van der Waals surface area contributed by atoms with Crippen molar-refractivity contribution in [1.29, 1.82) is 0 Å². The fourth-order valence-corrected chi connectivity index (χ4v) is 0.994. The van der Waals surface area contributed by atoms with E-state index in [0.29, 0.717) is 0 Å². The molecule has 0 heterocycles. The molecule has 0 aromatic carbocycles. The molecule has 0 spiro atoms. The van der Waals surface area contributed by atoms with Gasteiger partial charge in [-0.25, -0.2) is 11.6 Å². The monoisotopic (exact) mass is 301 g/mol. The molecule has 1 rings (SSSR count). The Bertz CT molecular complexity index is 134. The molecule has 0 nitrogen and oxygen atoms in total. The SMILES string of the molecule is CCCCC1=CC[C-]=C1.[Hf]. The number of allylic oxidation sites excluding steroid dienone is 4. The second-order valence-corrected chi connectivity index (χ2v) is 2.44. The molecule has 0 radical (unpaired) electrons. The van der Waals surface area contributed by atoms with Crippen LogP contribution in [-0.4, -0.2) is 0 Å². The summed E-state index contributed by atoms with van der Waals surface area (Å²) in [5.41, 5.74) is 1.48. The van der Waals surface area contributed by atoms with Crippen molar-refractivity contribution in [2.45, 2.75) is 32.6 Å². The van der Waals surface area contributed by atoms with Gasteiger partial charge in [0.25, 0.3) is 0 Å². The van der Waals surface area contributed by atoms with Crippen molar-refractivity contribution in [2.75, 3.05) is 0 Å². The summed E-state index contributed by atoms with van der Waals surface area (Å²) in [5.74, 6) is 0. The molecule has 0 bridgehead atoms. The van der Waals surface area contributed by atoms with Gasteiger partial charge >= 0.3 is 0 Å². The van der Waals surface area contributed by atoms with Gasteiger partial charge < -0.3 is 0 Å². The smallest absolute Gasteiger partial charge is 0 e. The summed E-state index contributed by atoms with van der Waals surface area (Å²) in [5, 5.41) is 0. The van der Waals surface area contributed by atoms with Crippen LogP contribution in [0.3, 0.4) is 0 Å². The van der Waals surface area contributed by atoms with Gasteiger partial charge in [-0.15, -0.1) is 6.42 Å². The molecule has 0 atom stereocenters. The average molecular weight is 300 g/mol. The van der Waals surface area contributed by atoms with E-state index in [1.165, 1.54) is 24.8 Å². The van der Waals surface area contributed by atoms with E-state index in [2.05, 4.69) is 25.2 Å². The largest absolute Gasteiger partial charge is 0.273 e. The molecule has 0 aromatic rings. The number of rotatable bonds is 3. The molecule has 0 aromatic heterocycles. The summed E-state index contributed by atoms with van der Waals surface area (Å²) >= 11 is 0. The Balaban J connectivity index is 0.000000810. The molecular weight excluding hydrogens is 287 g/mol. The van der Waals surface area contributed by atoms with Gasteiger partial charge in [-0.2, -0.15) is 6.08 Å². The van der Waals surface area contributed by atoms with E-state index in [4.69, 9.17) is 0 Å². The third kappa shape index (κ3) is 3.50. The fourth-order valence-electron chi connectivity index (χ4n) is 0.994. The minimum Gasteiger partial charge on any atom is -0.273 e. The Morgan fingerprint density at radius 3 is 2.90 bits per heavy atom. The molecule has 54 valence electrons. The third-order valence-electron chi connectivity index (χ3n) is 1.59. The molecule has 1 heteroatoms. The maximum atomic E-state index is 3.16. The molecule has 0 saturated heterocycles. The van der Waals surface area contributed by atoms with Crippen molar-refractivity contribution in [1.82, 2.24) is 0 Å². The Morgan fingerprint density at radius 2 is 2.40 bits per heavy atom. The minimum atomic E-state index is 0. The minimum absolute atomic E-state index is 0. The Hall–Kier alpha value is 0.350. The molecule has 0 unspecified atom stereocenters. The number of unbranched alkanes of at least 4 members (excludes halogenated alkanes) is 1. The van der Waals surface area contributed by atoms with Crippen LogP contribution in [-0.2, 0) is 25.8 Å². The van der Waals surface area contributed by atoms with Crippen molar-refractivity contribution in [3.05, 3.63) is 23.8 Å². The Morgan fingerprint density at radius 1 is 1.60 bits per heavy atom. The molecule has 1 aliphatic carbocycles. The van der Waals surface area contributed by atoms with E-state index < -0.39 is 0 Å². The van der Waals surface area contributed by atoms with Crippen LogP contribution in [0.15, 0.2) is 17.7 Å². The van der Waals surface area contributed by atoms with Gasteiger partial charge in [-0.1, -0.05) is 26.2 Å². The molecule has 0 amide bonds. The van der Waals surface area contributed by atoms with Crippen molar-refractivity contribution in [3.8, 4) is 0 Å². The van der Waals surface area contributed by atoms with Crippen LogP contribution in [0.25, 0.3) is 0 Å². The van der Waals surface area contributed by atoms with E-state index in [1.807, 2.05) is 0 Å². The standard InChI is InChI=1S/C9H13.Hf/c1-2-3-6-9-7-4-5-8-9;/h7-8H,2-4,6H2,1H3;/q-1;. The normalized spacial score (nSPS) is 14.7. The summed E-state index contributed by atoms with van der Waals surface area (Å²) in [6, 6.07) is 0. The zero-order valence-corrected chi connectivity index (χ0v) is 10.1. The van der Waals surface area contributed by atoms with Gasteiger partial charge in [0, 0.05) is 25.8 Å². The second-order valence-electron chi connectivity index (χ2n) is 2.44. The van der Waals surface area contributed by atoms with Gasteiger partial charge in [0.1, 0.15) is 0 Å². The molecule has 1 aliphatic rings. The first-order valence-electron chi connectivity index (χ1n) is 3.69. The average Bonchev–Trinajstić information content (AvgIpc) is 2.34. The Kier molecular flexibility index (Phi) is 6.30. The van der Waals surface area contributed by atoms with Crippen LogP contribution in [0.5, 0.6) is 0 Å². The summed E-state index contributed by atoms with van der Waals surface area (Å²) in [7, 11) is 0. The Labute approximate surface area is 82.2 Å². The maximum Gasteiger partial charge on any atom is 0 e. The molecule has 10 heavy (non-hydrogen) atoms. The van der Waals surface area contributed by atoms with E-state index >= 15 is 0 Å². The van der Waals surface area contributed by atoms with Crippen molar-refractivity contribution in [2.24, 2.45) is 0 Å². The van der Waals surface area contributed by atoms with E-state index in [9.17, 15) is 0 Å². The van der Waals surface area contributed by atoms with Crippen LogP contribution in [0.1, 0.15) is 32.6 Å². The first-order chi connectivity index (χ1) is 4.43. The molecule has 0 fully saturated rings. The van der Waals surface area contributed by atoms with Crippen LogP contribution in [0.4, 0.5) is 0 Å². The first-order valence-corrected chi connectivity index (χ1v) is 3.69. The summed E-state index contributed by atoms with van der Waals surface area (Å²) < 4.78 is 0. The quantitative estimate of drug-likeness (QED) is 0.555. The van der Waals surface area contributed by atoms with Crippen LogP contribution in [0, 0.1) is 6.08 Å². The fraction of sp³-hybridized carbons (Fsp3) is 0.556. The van der Waals surface area contributed by atoms with Gasteiger partial charge in [0.15, 0.2) is 0 Å². The zero-order chi connectivity index (χ0) is 6.53. The molecule has 0 saturated carbocycles. The summed E-state index contributed by atoms with van der Waals surface area (Å²) in [4.78, 5) is 0. The van der Waals surface area contributed by atoms with Gasteiger partial charge in [-0.3, -0.25) is 6.08 Å². The van der Waals surface area contributed by atoms with E-state index in [-0.39, 0.29) is 25.8 Å². The number of hydrogen-bond acceptors (Lipinski definition) is 0. The van der Waals surface area contributed by atoms with Crippen LogP contribution >= 0.6 is 0 Å². The van der Waals surface area contributed by atoms with Crippen molar-refractivity contribution >= 4 is 0 Å². The summed E-state index contributed by atoms with van der Waals surface area (Å²) in [6.45, 7) is 2.23. The van der Waals surface area contributed by atoms with Crippen molar-refractivity contribution in [3.63, 3.8) is 0 Å².